The molecule has 0 aliphatic carbocycles. The van der Waals surface area contributed by atoms with Gasteiger partial charge in [-0.15, -0.1) is 0 Å². The second kappa shape index (κ2) is 20.5. The number of phenolic OH excluding ortho intramolecular Hbond substituents is 3. The topological polar surface area (TPSA) is 327 Å². The summed E-state index contributed by atoms with van der Waals surface area (Å²) in [7, 11) is 0. The summed E-state index contributed by atoms with van der Waals surface area (Å²) in [6, 6.07) is 9.10. The lowest BCUT2D eigenvalue weighted by atomic mass is 10.0. The molecule has 0 fully saturated rings. The van der Waals surface area contributed by atoms with Crippen molar-refractivity contribution in [2.75, 3.05) is 13.2 Å². The molecule has 294 valence electrons. The average molecular weight is 767 g/mol. The minimum absolute atomic E-state index is 0.0608. The molecule has 0 radical (unpaired) electrons. The fourth-order valence-corrected chi connectivity index (χ4v) is 5.06. The molecule has 0 heterocycles. The third-order valence-electron chi connectivity index (χ3n) is 8.00. The van der Waals surface area contributed by atoms with E-state index in [1.54, 1.807) is 0 Å². The number of aromatic hydroxyl groups is 3. The molecule has 5 atom stereocenters. The number of amides is 5. The Kier molecular flexibility index (Phi) is 15.9. The van der Waals surface area contributed by atoms with Crippen molar-refractivity contribution in [1.82, 2.24) is 26.6 Å². The lowest BCUT2D eigenvalue weighted by molar-refractivity contribution is -0.142. The van der Waals surface area contributed by atoms with Crippen molar-refractivity contribution < 1.29 is 64.2 Å². The number of aliphatic carboxylic acids is 2. The van der Waals surface area contributed by atoms with E-state index in [4.69, 9.17) is 10.8 Å². The number of hydrogen-bond acceptors (Lipinski definition) is 12. The lowest BCUT2D eigenvalue weighted by Gasteiger charge is -2.26. The van der Waals surface area contributed by atoms with E-state index in [1.165, 1.54) is 72.8 Å². The van der Waals surface area contributed by atoms with Crippen LogP contribution in [-0.4, -0.2) is 115 Å². The Morgan fingerprint density at radius 2 is 0.891 bits per heavy atom. The molecule has 0 aliphatic heterocycles. The molecule has 19 heteroatoms. The van der Waals surface area contributed by atoms with Gasteiger partial charge in [0.1, 0.15) is 41.4 Å². The van der Waals surface area contributed by atoms with Gasteiger partial charge < -0.3 is 63.0 Å². The molecular formula is C36H42N6O13. The molecule has 3 aromatic carbocycles. The summed E-state index contributed by atoms with van der Waals surface area (Å²) in [5.74, 6) is -7.86. The van der Waals surface area contributed by atoms with Crippen molar-refractivity contribution in [3.05, 3.63) is 89.5 Å². The quantitative estimate of drug-likeness (QED) is 0.0579. The Morgan fingerprint density at radius 1 is 0.527 bits per heavy atom. The number of aliphatic hydroxyl groups excluding tert-OH is 1. The predicted molar refractivity (Wildman–Crippen MR) is 191 cm³/mol. The van der Waals surface area contributed by atoms with Gasteiger partial charge in [-0.25, -0.2) is 4.79 Å². The first-order valence-electron chi connectivity index (χ1n) is 16.7. The smallest absolute Gasteiger partial charge is 0.326 e. The SMILES string of the molecule is N[C@@H](CC(=O)O)C(=O)NCC(=O)N[C@@H](Cc1ccc(O)cc1)C(=O)N[C@@H](Cc1ccc(O)cc1)C(=O)N[C@@H](CO)C(=O)N[C@@H](Cc1ccc(O)cc1)C(=O)O. The second-order valence-electron chi connectivity index (χ2n) is 12.4. The second-order valence-corrected chi connectivity index (χ2v) is 12.4. The van der Waals surface area contributed by atoms with Crippen molar-refractivity contribution in [3.63, 3.8) is 0 Å². The molecule has 0 aliphatic rings. The minimum Gasteiger partial charge on any atom is -0.508 e. The molecule has 0 spiro atoms. The molecule has 0 saturated heterocycles. The number of phenols is 3. The first-order chi connectivity index (χ1) is 26.0. The van der Waals surface area contributed by atoms with E-state index in [2.05, 4.69) is 26.6 Å². The van der Waals surface area contributed by atoms with Crippen LogP contribution in [-0.2, 0) is 52.8 Å². The Morgan fingerprint density at radius 3 is 1.29 bits per heavy atom. The number of carbonyl (C=O) groups is 7. The maximum absolute atomic E-state index is 13.8. The summed E-state index contributed by atoms with van der Waals surface area (Å²) >= 11 is 0. The van der Waals surface area contributed by atoms with E-state index in [-0.39, 0.29) is 36.5 Å². The highest BCUT2D eigenvalue weighted by Crippen LogP contribution is 2.15. The van der Waals surface area contributed by atoms with Crippen LogP contribution in [0.1, 0.15) is 23.1 Å². The van der Waals surface area contributed by atoms with Gasteiger partial charge in [0.2, 0.25) is 29.5 Å². The first kappa shape index (κ1) is 42.7. The van der Waals surface area contributed by atoms with Crippen LogP contribution in [0.4, 0.5) is 0 Å². The zero-order chi connectivity index (χ0) is 40.7. The van der Waals surface area contributed by atoms with Gasteiger partial charge in [-0.2, -0.15) is 0 Å². The molecule has 0 aromatic heterocycles. The number of carbonyl (C=O) groups excluding carboxylic acids is 5. The van der Waals surface area contributed by atoms with Crippen molar-refractivity contribution in [3.8, 4) is 17.2 Å². The molecule has 19 nitrogen and oxygen atoms in total. The monoisotopic (exact) mass is 766 g/mol. The highest BCUT2D eigenvalue weighted by Gasteiger charge is 2.32. The highest BCUT2D eigenvalue weighted by atomic mass is 16.4. The predicted octanol–water partition coefficient (Wildman–Crippen LogP) is -2.23. The number of rotatable bonds is 20. The molecule has 0 saturated carbocycles. The standard InChI is InChI=1S/C36H42N6O13/c37-25(16-31(48)49)32(50)38-17-30(47)39-26(13-19-1-7-22(44)8-2-19)33(51)40-27(14-20-3-9-23(45)10-4-20)34(52)42-29(18-43)35(53)41-28(36(54)55)15-21-5-11-24(46)12-6-21/h1-12,25-29,43-46H,13-18,37H2,(H,38,50)(H,39,47)(H,40,51)(H,41,53)(H,42,52)(H,48,49)(H,54,55)/t25-,26-,27-,28-,29-/m0/s1. The molecule has 0 unspecified atom stereocenters. The number of carboxylic acids is 2. The Hall–Kier alpha value is -6.73. The maximum Gasteiger partial charge on any atom is 0.326 e. The number of nitrogens with two attached hydrogens (primary N) is 1. The van der Waals surface area contributed by atoms with Gasteiger partial charge >= 0.3 is 11.9 Å². The van der Waals surface area contributed by atoms with Gasteiger partial charge in [-0.1, -0.05) is 36.4 Å². The third kappa shape index (κ3) is 14.3. The average Bonchev–Trinajstić information content (AvgIpc) is 3.14. The summed E-state index contributed by atoms with van der Waals surface area (Å²) in [5.41, 5.74) is 6.84. The van der Waals surface area contributed by atoms with Crippen molar-refractivity contribution in [1.29, 1.82) is 0 Å². The van der Waals surface area contributed by atoms with Crippen LogP contribution < -0.4 is 32.3 Å². The van der Waals surface area contributed by atoms with Crippen molar-refractivity contribution in [2.24, 2.45) is 5.73 Å². The summed E-state index contributed by atoms with van der Waals surface area (Å²) in [5, 5.41) is 69.3. The van der Waals surface area contributed by atoms with E-state index in [9.17, 15) is 59.1 Å². The zero-order valence-corrected chi connectivity index (χ0v) is 29.2. The lowest BCUT2D eigenvalue weighted by Crippen LogP contribution is -2.59. The van der Waals surface area contributed by atoms with E-state index in [0.717, 1.165) is 0 Å². The molecule has 5 amide bonds. The zero-order valence-electron chi connectivity index (χ0n) is 29.2. The van der Waals surface area contributed by atoms with Gasteiger partial charge in [-0.3, -0.25) is 28.8 Å². The first-order valence-corrected chi connectivity index (χ1v) is 16.7. The number of nitrogens with one attached hydrogen (secondary N) is 5. The normalized spacial score (nSPS) is 13.5. The molecular weight excluding hydrogens is 724 g/mol. The number of carboxylic acid groups (broad SMARTS) is 2. The fraction of sp³-hybridized carbons (Fsp3) is 0.306. The van der Waals surface area contributed by atoms with Gasteiger partial charge in [-0.05, 0) is 53.1 Å². The van der Waals surface area contributed by atoms with Crippen LogP contribution in [0.25, 0.3) is 0 Å². The summed E-state index contributed by atoms with van der Waals surface area (Å²) in [6.07, 6.45) is -1.35. The molecule has 3 aromatic rings. The summed E-state index contributed by atoms with van der Waals surface area (Å²) in [4.78, 5) is 88.5. The van der Waals surface area contributed by atoms with Crippen molar-refractivity contribution >= 4 is 41.5 Å². The van der Waals surface area contributed by atoms with Crippen molar-refractivity contribution in [2.45, 2.75) is 55.9 Å². The van der Waals surface area contributed by atoms with E-state index >= 15 is 0 Å². The molecule has 13 N–H and O–H groups in total. The van der Waals surface area contributed by atoms with Crippen LogP contribution in [0.15, 0.2) is 72.8 Å². The van der Waals surface area contributed by atoms with Crippen LogP contribution in [0.3, 0.4) is 0 Å². The third-order valence-corrected chi connectivity index (χ3v) is 8.00. The van der Waals surface area contributed by atoms with E-state index in [0.29, 0.717) is 16.7 Å². The Labute approximate surface area is 313 Å². The Bertz CT molecular complexity index is 1820. The summed E-state index contributed by atoms with van der Waals surface area (Å²) < 4.78 is 0. The maximum atomic E-state index is 13.8. The molecule has 0 bridgehead atoms. The van der Waals surface area contributed by atoms with Crippen LogP contribution >= 0.6 is 0 Å². The van der Waals surface area contributed by atoms with Gasteiger partial charge in [0, 0.05) is 19.3 Å². The van der Waals surface area contributed by atoms with Crippen LogP contribution in [0.5, 0.6) is 17.2 Å². The van der Waals surface area contributed by atoms with Gasteiger partial charge in [0.15, 0.2) is 0 Å². The summed E-state index contributed by atoms with van der Waals surface area (Å²) in [6.45, 7) is -1.69. The van der Waals surface area contributed by atoms with Gasteiger partial charge in [0.05, 0.1) is 25.6 Å². The minimum atomic E-state index is -1.70. The van der Waals surface area contributed by atoms with Crippen LogP contribution in [0, 0.1) is 0 Å². The number of aliphatic hydroxyl groups is 1. The molecule has 3 rings (SSSR count). The van der Waals surface area contributed by atoms with Crippen LogP contribution in [0.2, 0.25) is 0 Å². The number of benzene rings is 3. The fourth-order valence-electron chi connectivity index (χ4n) is 5.06. The highest BCUT2D eigenvalue weighted by molar-refractivity contribution is 5.96. The van der Waals surface area contributed by atoms with E-state index < -0.39 is 91.3 Å². The molecule has 55 heavy (non-hydrogen) atoms. The largest absolute Gasteiger partial charge is 0.508 e. The number of hydrogen-bond donors (Lipinski definition) is 12. The van der Waals surface area contributed by atoms with Gasteiger partial charge in [0.25, 0.3) is 0 Å². The van der Waals surface area contributed by atoms with E-state index in [1.807, 2.05) is 0 Å². The Balaban J connectivity index is 1.82.